The van der Waals surface area contributed by atoms with Gasteiger partial charge in [-0.05, 0) is 50.5 Å². The Morgan fingerprint density at radius 3 is 2.86 bits per heavy atom. The molecule has 1 aromatic rings. The van der Waals surface area contributed by atoms with Crippen LogP contribution in [0.5, 0.6) is 0 Å². The summed E-state index contributed by atoms with van der Waals surface area (Å²) >= 11 is 3.24. The molecule has 0 spiro atoms. The van der Waals surface area contributed by atoms with Gasteiger partial charge in [0.25, 0.3) is 0 Å². The highest BCUT2D eigenvalue weighted by Crippen LogP contribution is 2.37. The van der Waals surface area contributed by atoms with Crippen molar-refractivity contribution in [3.63, 3.8) is 0 Å². The monoisotopic (exact) mass is 346 g/mol. The minimum Gasteiger partial charge on any atom is -0.309 e. The van der Waals surface area contributed by atoms with Crippen molar-refractivity contribution in [1.29, 1.82) is 0 Å². The number of hydrogen-bond acceptors (Lipinski definition) is 5. The van der Waals surface area contributed by atoms with Crippen molar-refractivity contribution in [2.45, 2.75) is 54.1 Å². The fourth-order valence-corrected chi connectivity index (χ4v) is 6.28. The van der Waals surface area contributed by atoms with E-state index in [4.69, 9.17) is 0 Å². The standard InChI is InChI=1S/C14H22N2O2S3/c1-14(7-2-8-19-14)10-16-21(17,18)13-6-5-12(20-13)9-15-11-3-4-11/h5-6,11,15-16H,2-4,7-10H2,1H3. The third-order valence-electron chi connectivity index (χ3n) is 3.98. The minimum absolute atomic E-state index is 0.0562. The van der Waals surface area contributed by atoms with Crippen LogP contribution in [0.25, 0.3) is 0 Å². The Hall–Kier alpha value is -0.0800. The SMILES string of the molecule is CC1(CNS(=O)(=O)c2ccc(CNC3CC3)s2)CCCS1. The molecule has 1 aliphatic heterocycles. The zero-order valence-corrected chi connectivity index (χ0v) is 14.7. The van der Waals surface area contributed by atoms with E-state index in [1.807, 2.05) is 17.8 Å². The average molecular weight is 347 g/mol. The lowest BCUT2D eigenvalue weighted by Crippen LogP contribution is -2.36. The van der Waals surface area contributed by atoms with Gasteiger partial charge in [0.2, 0.25) is 10.0 Å². The molecule has 1 saturated heterocycles. The second-order valence-corrected chi connectivity index (χ2v) is 10.9. The Morgan fingerprint density at radius 1 is 1.38 bits per heavy atom. The second-order valence-electron chi connectivity index (χ2n) is 6.10. The molecule has 2 heterocycles. The molecular weight excluding hydrogens is 324 g/mol. The Balaban J connectivity index is 1.58. The summed E-state index contributed by atoms with van der Waals surface area (Å²) in [4.78, 5) is 1.09. The maximum absolute atomic E-state index is 12.4. The lowest BCUT2D eigenvalue weighted by molar-refractivity contribution is 0.554. The maximum atomic E-state index is 12.4. The van der Waals surface area contributed by atoms with Crippen molar-refractivity contribution in [3.05, 3.63) is 17.0 Å². The van der Waals surface area contributed by atoms with Crippen LogP contribution in [0.1, 0.15) is 37.5 Å². The fourth-order valence-electron chi connectivity index (χ4n) is 2.43. The fraction of sp³-hybridized carbons (Fsp3) is 0.714. The predicted molar refractivity (Wildman–Crippen MR) is 89.5 cm³/mol. The summed E-state index contributed by atoms with van der Waals surface area (Å²) in [5, 5.41) is 3.41. The average Bonchev–Trinajstić information content (AvgIpc) is 2.97. The third-order valence-corrected chi connectivity index (χ3v) is 8.50. The second kappa shape index (κ2) is 6.20. The summed E-state index contributed by atoms with van der Waals surface area (Å²) in [6.07, 6.45) is 4.75. The van der Waals surface area contributed by atoms with E-state index < -0.39 is 10.0 Å². The highest BCUT2D eigenvalue weighted by molar-refractivity contribution is 8.01. The summed E-state index contributed by atoms with van der Waals surface area (Å²) < 4.78 is 28.0. The van der Waals surface area contributed by atoms with Crippen molar-refractivity contribution in [1.82, 2.24) is 10.0 Å². The molecule has 3 rings (SSSR count). The number of nitrogens with one attached hydrogen (secondary N) is 2. The largest absolute Gasteiger partial charge is 0.309 e. The normalized spacial score (nSPS) is 26.3. The number of thioether (sulfide) groups is 1. The summed E-state index contributed by atoms with van der Waals surface area (Å²) in [6, 6.07) is 4.28. The molecule has 2 N–H and O–H groups in total. The van der Waals surface area contributed by atoms with E-state index >= 15 is 0 Å². The molecule has 0 aromatic carbocycles. The summed E-state index contributed by atoms with van der Waals surface area (Å²) in [7, 11) is -3.36. The van der Waals surface area contributed by atoms with Gasteiger partial charge in [0.1, 0.15) is 4.21 Å². The van der Waals surface area contributed by atoms with Gasteiger partial charge in [-0.15, -0.1) is 11.3 Å². The Kier molecular flexibility index (Phi) is 4.66. The van der Waals surface area contributed by atoms with Crippen LogP contribution >= 0.6 is 23.1 Å². The molecule has 0 amide bonds. The smallest absolute Gasteiger partial charge is 0.250 e. The molecule has 1 aromatic heterocycles. The predicted octanol–water partition coefficient (Wildman–Crippen LogP) is 2.56. The molecule has 2 fully saturated rings. The summed E-state index contributed by atoms with van der Waals surface area (Å²) in [5.41, 5.74) is 0. The van der Waals surface area contributed by atoms with Gasteiger partial charge in [0.15, 0.2) is 0 Å². The van der Waals surface area contributed by atoms with Gasteiger partial charge in [0.05, 0.1) is 0 Å². The van der Waals surface area contributed by atoms with E-state index in [-0.39, 0.29) is 4.75 Å². The first-order valence-corrected chi connectivity index (χ1v) is 10.7. The first-order chi connectivity index (χ1) is 9.97. The van der Waals surface area contributed by atoms with Crippen molar-refractivity contribution < 1.29 is 8.42 Å². The highest BCUT2D eigenvalue weighted by atomic mass is 32.2. The molecule has 1 aliphatic carbocycles. The van der Waals surface area contributed by atoms with Crippen LogP contribution in [-0.2, 0) is 16.6 Å². The summed E-state index contributed by atoms with van der Waals surface area (Å²) in [6.45, 7) is 3.44. The molecule has 1 atom stereocenters. The van der Waals surface area contributed by atoms with E-state index in [0.717, 1.165) is 23.6 Å². The van der Waals surface area contributed by atoms with Gasteiger partial charge >= 0.3 is 0 Å². The molecule has 1 saturated carbocycles. The zero-order chi connectivity index (χ0) is 14.9. The van der Waals surface area contributed by atoms with Crippen LogP contribution in [0.3, 0.4) is 0 Å². The van der Waals surface area contributed by atoms with Crippen LogP contribution in [0.4, 0.5) is 0 Å². The number of thiophene rings is 1. The van der Waals surface area contributed by atoms with Gasteiger partial charge < -0.3 is 5.32 Å². The van der Waals surface area contributed by atoms with E-state index in [1.165, 1.54) is 30.6 Å². The van der Waals surface area contributed by atoms with Gasteiger partial charge in [0, 0.05) is 28.8 Å². The Morgan fingerprint density at radius 2 is 2.19 bits per heavy atom. The van der Waals surface area contributed by atoms with Gasteiger partial charge in [-0.25, -0.2) is 13.1 Å². The van der Waals surface area contributed by atoms with Crippen LogP contribution in [-0.4, -0.2) is 31.5 Å². The van der Waals surface area contributed by atoms with Crippen molar-refractivity contribution in [3.8, 4) is 0 Å². The molecule has 4 nitrogen and oxygen atoms in total. The molecular formula is C14H22N2O2S3. The third kappa shape index (κ3) is 4.22. The quantitative estimate of drug-likeness (QED) is 0.797. The van der Waals surface area contributed by atoms with Gasteiger partial charge in [-0.3, -0.25) is 0 Å². The van der Waals surface area contributed by atoms with E-state index in [2.05, 4.69) is 17.0 Å². The lowest BCUT2D eigenvalue weighted by atomic mass is 10.1. The molecule has 118 valence electrons. The molecule has 0 radical (unpaired) electrons. The van der Waals surface area contributed by atoms with Crippen molar-refractivity contribution in [2.75, 3.05) is 12.3 Å². The van der Waals surface area contributed by atoms with E-state index in [0.29, 0.717) is 16.8 Å². The van der Waals surface area contributed by atoms with Crippen LogP contribution in [0.15, 0.2) is 16.3 Å². The molecule has 0 bridgehead atoms. The highest BCUT2D eigenvalue weighted by Gasteiger charge is 2.31. The van der Waals surface area contributed by atoms with Crippen LogP contribution in [0.2, 0.25) is 0 Å². The first-order valence-electron chi connectivity index (χ1n) is 7.43. The van der Waals surface area contributed by atoms with Crippen molar-refractivity contribution in [2.24, 2.45) is 0 Å². The molecule has 2 aliphatic rings. The topological polar surface area (TPSA) is 58.2 Å². The van der Waals surface area contributed by atoms with Crippen LogP contribution in [0, 0.1) is 0 Å². The Labute approximate surface area is 135 Å². The molecule has 7 heteroatoms. The lowest BCUT2D eigenvalue weighted by Gasteiger charge is -2.22. The zero-order valence-electron chi connectivity index (χ0n) is 12.2. The minimum atomic E-state index is -3.36. The first kappa shape index (κ1) is 15.8. The number of hydrogen-bond donors (Lipinski definition) is 2. The Bertz CT molecular complexity index is 587. The van der Waals surface area contributed by atoms with Gasteiger partial charge in [-0.1, -0.05) is 0 Å². The van der Waals surface area contributed by atoms with E-state index in [1.54, 1.807) is 6.07 Å². The van der Waals surface area contributed by atoms with Gasteiger partial charge in [-0.2, -0.15) is 11.8 Å². The van der Waals surface area contributed by atoms with E-state index in [9.17, 15) is 8.42 Å². The maximum Gasteiger partial charge on any atom is 0.250 e. The molecule has 1 unspecified atom stereocenters. The number of sulfonamides is 1. The summed E-state index contributed by atoms with van der Waals surface area (Å²) in [5.74, 6) is 1.13. The van der Waals surface area contributed by atoms with Crippen molar-refractivity contribution >= 4 is 33.1 Å². The number of rotatable bonds is 7. The van der Waals surface area contributed by atoms with Crippen LogP contribution < -0.4 is 10.0 Å². The molecule has 21 heavy (non-hydrogen) atoms.